The Bertz CT molecular complexity index is 1580. The van der Waals surface area contributed by atoms with Gasteiger partial charge in [0.1, 0.15) is 12.4 Å². The molecule has 10 heteroatoms. The molecule has 0 saturated heterocycles. The van der Waals surface area contributed by atoms with Gasteiger partial charge in [-0.05, 0) is 54.8 Å². The minimum atomic E-state index is -0.758. The van der Waals surface area contributed by atoms with Crippen LogP contribution in [0.3, 0.4) is 0 Å². The topological polar surface area (TPSA) is 113 Å². The summed E-state index contributed by atoms with van der Waals surface area (Å²) in [4.78, 5) is 42.4. The number of nitro benzene ring substituents is 1. The van der Waals surface area contributed by atoms with Gasteiger partial charge in [-0.15, -0.1) is 0 Å². The lowest BCUT2D eigenvalue weighted by Gasteiger charge is -2.24. The highest BCUT2D eigenvalue weighted by Crippen LogP contribution is 2.31. The largest absolute Gasteiger partial charge is 0.494 e. The van der Waals surface area contributed by atoms with E-state index in [1.165, 1.54) is 34.1 Å². The van der Waals surface area contributed by atoms with Crippen LogP contribution in [-0.2, 0) is 9.53 Å². The second-order valence-corrected chi connectivity index (χ2v) is 9.95. The number of fused-ring (bicyclic) bond motifs is 1. The molecule has 0 aliphatic carbocycles. The van der Waals surface area contributed by atoms with Gasteiger partial charge in [0.25, 0.3) is 11.2 Å². The van der Waals surface area contributed by atoms with Crippen LogP contribution in [0.5, 0.6) is 5.75 Å². The van der Waals surface area contributed by atoms with Gasteiger partial charge in [0.2, 0.25) is 0 Å². The number of non-ortho nitro benzene ring substituents is 1. The number of benzene rings is 2. The molecular weight excluding hydrogens is 518 g/mol. The van der Waals surface area contributed by atoms with E-state index in [0.717, 1.165) is 19.3 Å². The minimum Gasteiger partial charge on any atom is -0.494 e. The lowest BCUT2D eigenvalue weighted by atomic mass is 9.96. The lowest BCUT2D eigenvalue weighted by molar-refractivity contribution is -0.384. The Kier molecular flexibility index (Phi) is 8.88. The van der Waals surface area contributed by atoms with E-state index in [4.69, 9.17) is 9.47 Å². The average Bonchev–Trinajstić information content (AvgIpc) is 3.23. The molecule has 2 aromatic carbocycles. The van der Waals surface area contributed by atoms with Crippen molar-refractivity contribution in [2.24, 2.45) is 4.99 Å². The van der Waals surface area contributed by atoms with Gasteiger partial charge in [0.05, 0.1) is 33.4 Å². The van der Waals surface area contributed by atoms with Crippen LogP contribution in [0.2, 0.25) is 0 Å². The third kappa shape index (κ3) is 6.23. The number of allylic oxidation sites excluding steroid dienone is 1. The van der Waals surface area contributed by atoms with Crippen molar-refractivity contribution in [3.8, 4) is 5.75 Å². The van der Waals surface area contributed by atoms with Crippen molar-refractivity contribution >= 4 is 29.1 Å². The Hall–Kier alpha value is -4.31. The van der Waals surface area contributed by atoms with Crippen LogP contribution in [0.1, 0.15) is 50.3 Å². The van der Waals surface area contributed by atoms with E-state index in [9.17, 15) is 19.7 Å². The molecule has 202 valence electrons. The Balaban J connectivity index is 1.78. The van der Waals surface area contributed by atoms with Gasteiger partial charge in [0, 0.05) is 12.1 Å². The number of unbranched alkanes of at least 4 members (excludes halogenated alkanes) is 2. The smallest absolute Gasteiger partial charge is 0.338 e. The normalized spacial score (nSPS) is 14.9. The van der Waals surface area contributed by atoms with Gasteiger partial charge in [-0.25, -0.2) is 9.79 Å². The highest BCUT2D eigenvalue weighted by molar-refractivity contribution is 7.07. The van der Waals surface area contributed by atoms with Crippen LogP contribution < -0.4 is 19.6 Å². The van der Waals surface area contributed by atoms with Crippen molar-refractivity contribution in [3.63, 3.8) is 0 Å². The number of hydrogen-bond acceptors (Lipinski definition) is 8. The quantitative estimate of drug-likeness (QED) is 0.115. The van der Waals surface area contributed by atoms with Crippen molar-refractivity contribution in [2.45, 2.75) is 39.2 Å². The van der Waals surface area contributed by atoms with E-state index in [1.54, 1.807) is 25.1 Å². The van der Waals surface area contributed by atoms with E-state index < -0.39 is 16.9 Å². The summed E-state index contributed by atoms with van der Waals surface area (Å²) >= 11 is 1.19. The Morgan fingerprint density at radius 1 is 1.18 bits per heavy atom. The molecule has 1 unspecified atom stereocenters. The maximum atomic E-state index is 13.7. The van der Waals surface area contributed by atoms with Crippen LogP contribution in [-0.4, -0.2) is 28.7 Å². The summed E-state index contributed by atoms with van der Waals surface area (Å²) in [5.41, 5.74) is 1.69. The van der Waals surface area contributed by atoms with E-state index in [0.29, 0.717) is 38.5 Å². The second-order valence-electron chi connectivity index (χ2n) is 8.94. The Morgan fingerprint density at radius 3 is 2.54 bits per heavy atom. The Labute approximate surface area is 229 Å². The van der Waals surface area contributed by atoms with E-state index in [-0.39, 0.29) is 23.4 Å². The molecule has 0 N–H and O–H groups in total. The highest BCUT2D eigenvalue weighted by Gasteiger charge is 2.33. The predicted octanol–water partition coefficient (Wildman–Crippen LogP) is 4.44. The maximum Gasteiger partial charge on any atom is 0.338 e. The predicted molar refractivity (Wildman–Crippen MR) is 149 cm³/mol. The third-order valence-corrected chi connectivity index (χ3v) is 7.17. The third-order valence-electron chi connectivity index (χ3n) is 6.19. The maximum absolute atomic E-state index is 13.7. The van der Waals surface area contributed by atoms with Gasteiger partial charge in [-0.2, -0.15) is 0 Å². The first-order chi connectivity index (χ1) is 18.8. The monoisotopic (exact) mass is 547 g/mol. The molecule has 1 aliphatic rings. The molecule has 1 atom stereocenters. The molecule has 0 saturated carbocycles. The van der Waals surface area contributed by atoms with E-state index in [1.807, 2.05) is 24.3 Å². The van der Waals surface area contributed by atoms with Crippen molar-refractivity contribution in [1.29, 1.82) is 0 Å². The first-order valence-corrected chi connectivity index (χ1v) is 13.4. The fourth-order valence-corrected chi connectivity index (χ4v) is 5.29. The molecule has 39 heavy (non-hydrogen) atoms. The zero-order valence-corrected chi connectivity index (χ0v) is 22.6. The van der Waals surface area contributed by atoms with Crippen LogP contribution in [0, 0.1) is 10.1 Å². The fraction of sp³-hybridized carbons (Fsp3) is 0.276. The summed E-state index contributed by atoms with van der Waals surface area (Å²) in [6.45, 7) is 8.09. The summed E-state index contributed by atoms with van der Waals surface area (Å²) < 4.78 is 13.1. The van der Waals surface area contributed by atoms with Crippen molar-refractivity contribution < 1.29 is 19.2 Å². The Morgan fingerprint density at radius 2 is 1.90 bits per heavy atom. The minimum absolute atomic E-state index is 0.0252. The number of nitrogens with zero attached hydrogens (tertiary/aromatic N) is 3. The summed E-state index contributed by atoms with van der Waals surface area (Å²) in [5, 5.41) is 11.0. The average molecular weight is 548 g/mol. The summed E-state index contributed by atoms with van der Waals surface area (Å²) in [7, 11) is 0. The van der Waals surface area contributed by atoms with Crippen LogP contribution in [0.25, 0.3) is 6.08 Å². The molecule has 0 bridgehead atoms. The van der Waals surface area contributed by atoms with Gasteiger partial charge in [-0.1, -0.05) is 55.9 Å². The van der Waals surface area contributed by atoms with Crippen molar-refractivity contribution in [2.75, 3.05) is 13.2 Å². The molecular formula is C29H29N3O6S. The van der Waals surface area contributed by atoms with Crippen LogP contribution >= 0.6 is 11.3 Å². The molecule has 2 heterocycles. The number of rotatable bonds is 11. The van der Waals surface area contributed by atoms with E-state index >= 15 is 0 Å². The highest BCUT2D eigenvalue weighted by atomic mass is 32.1. The molecule has 3 aromatic rings. The second kappa shape index (κ2) is 12.5. The summed E-state index contributed by atoms with van der Waals surface area (Å²) in [5.74, 6) is 0.127. The number of carbonyl (C=O) groups is 1. The lowest BCUT2D eigenvalue weighted by Crippen LogP contribution is -2.39. The zero-order chi connectivity index (χ0) is 27.9. The van der Waals surface area contributed by atoms with Crippen molar-refractivity contribution in [1.82, 2.24) is 4.57 Å². The van der Waals surface area contributed by atoms with Gasteiger partial charge in [0.15, 0.2) is 4.80 Å². The molecule has 1 aliphatic heterocycles. The fourth-order valence-electron chi connectivity index (χ4n) is 4.24. The molecule has 0 radical (unpaired) electrons. The standard InChI is InChI=1S/C29H29N3O6S/c1-4-6-7-17-37-23-14-10-21(11-15-23)26-25(28(34)38-16-5-2)19(3)30-29-31(26)27(33)24(39-29)18-20-8-12-22(13-9-20)32(35)36/h5,8-15,18,26H,2,4,6-7,16-17H2,1,3H3. The zero-order valence-electron chi connectivity index (χ0n) is 21.8. The molecule has 9 nitrogen and oxygen atoms in total. The van der Waals surface area contributed by atoms with Gasteiger partial charge < -0.3 is 9.47 Å². The summed E-state index contributed by atoms with van der Waals surface area (Å²) in [6, 6.07) is 12.5. The molecule has 0 spiro atoms. The van der Waals surface area contributed by atoms with Gasteiger partial charge in [-0.3, -0.25) is 19.5 Å². The number of ether oxygens (including phenoxy) is 2. The first-order valence-electron chi connectivity index (χ1n) is 12.6. The first kappa shape index (κ1) is 27.7. The number of hydrogen-bond donors (Lipinski definition) is 0. The molecule has 4 rings (SSSR count). The van der Waals surface area contributed by atoms with E-state index in [2.05, 4.69) is 18.5 Å². The number of aromatic nitrogens is 1. The molecule has 0 amide bonds. The number of carbonyl (C=O) groups excluding carboxylic acids is 1. The van der Waals surface area contributed by atoms with Crippen molar-refractivity contribution in [3.05, 3.63) is 113 Å². The summed E-state index contributed by atoms with van der Waals surface area (Å²) in [6.07, 6.45) is 6.30. The molecule has 1 aromatic heterocycles. The number of nitro groups is 1. The SMILES string of the molecule is C=CCOC(=O)C1=C(C)N=c2sc(=Cc3ccc([N+](=O)[O-])cc3)c(=O)n2C1c1ccc(OCCCCC)cc1. The van der Waals surface area contributed by atoms with Crippen LogP contribution in [0.15, 0.2) is 82.2 Å². The molecule has 0 fully saturated rings. The number of thiazole rings is 1. The number of esters is 1. The van der Waals surface area contributed by atoms with Crippen LogP contribution in [0.4, 0.5) is 5.69 Å². The van der Waals surface area contributed by atoms with Gasteiger partial charge >= 0.3 is 5.97 Å².